The third-order valence-electron chi connectivity index (χ3n) is 7.47. The van der Waals surface area contributed by atoms with Gasteiger partial charge >= 0.3 is 6.01 Å². The summed E-state index contributed by atoms with van der Waals surface area (Å²) in [7, 11) is 0. The van der Waals surface area contributed by atoms with Crippen molar-refractivity contribution in [1.82, 2.24) is 25.4 Å². The monoisotopic (exact) mass is 534 g/mol. The maximum Gasteiger partial charge on any atom is 0.316 e. The minimum Gasteiger partial charge on any atom is -0.474 e. The number of rotatable bonds is 7. The molecule has 2 aliphatic heterocycles. The number of fused-ring (bicyclic) bond motifs is 1. The van der Waals surface area contributed by atoms with Crippen molar-refractivity contribution in [2.24, 2.45) is 0 Å². The lowest BCUT2D eigenvalue weighted by Gasteiger charge is -2.29. The van der Waals surface area contributed by atoms with Crippen molar-refractivity contribution < 1.29 is 23.5 Å². The molecule has 2 aromatic heterocycles. The van der Waals surface area contributed by atoms with Gasteiger partial charge in [-0.3, -0.25) is 19.7 Å². The molecule has 1 unspecified atom stereocenters. The van der Waals surface area contributed by atoms with Crippen molar-refractivity contribution in [2.75, 3.05) is 5.32 Å². The molecule has 0 radical (unpaired) electrons. The smallest absolute Gasteiger partial charge is 0.316 e. The van der Waals surface area contributed by atoms with E-state index in [1.54, 1.807) is 12.3 Å². The molecule has 0 bridgehead atoms. The van der Waals surface area contributed by atoms with E-state index in [-0.39, 0.29) is 36.9 Å². The number of imide groups is 1. The van der Waals surface area contributed by atoms with Gasteiger partial charge in [-0.05, 0) is 55.9 Å². The van der Waals surface area contributed by atoms with Crippen molar-refractivity contribution >= 4 is 35.3 Å². The number of piperidine rings is 1. The number of amides is 3. The summed E-state index contributed by atoms with van der Waals surface area (Å²) >= 11 is 6.64. The van der Waals surface area contributed by atoms with Crippen LogP contribution in [0.2, 0.25) is 5.02 Å². The van der Waals surface area contributed by atoms with Crippen molar-refractivity contribution in [3.05, 3.63) is 52.2 Å². The number of aromatic nitrogens is 3. The van der Waals surface area contributed by atoms with Crippen LogP contribution in [-0.4, -0.2) is 49.9 Å². The average Bonchev–Trinajstić information content (AvgIpc) is 3.80. The van der Waals surface area contributed by atoms with Crippen LogP contribution in [0.3, 0.4) is 0 Å². The summed E-state index contributed by atoms with van der Waals surface area (Å²) in [5.41, 5.74) is 2.17. The molecule has 3 aromatic rings. The Kier molecular flexibility index (Phi) is 5.19. The van der Waals surface area contributed by atoms with E-state index < -0.39 is 17.5 Å². The Labute approximate surface area is 221 Å². The van der Waals surface area contributed by atoms with E-state index in [0.29, 0.717) is 39.9 Å². The van der Waals surface area contributed by atoms with Crippen LogP contribution in [0.5, 0.6) is 5.88 Å². The molecule has 11 nitrogen and oxygen atoms in total. The molecule has 38 heavy (non-hydrogen) atoms. The number of anilines is 1. The van der Waals surface area contributed by atoms with Crippen molar-refractivity contribution in [3.63, 3.8) is 0 Å². The third-order valence-corrected chi connectivity index (χ3v) is 7.81. The van der Waals surface area contributed by atoms with E-state index in [0.717, 1.165) is 31.2 Å². The van der Waals surface area contributed by atoms with Crippen LogP contribution in [0.25, 0.3) is 11.5 Å². The van der Waals surface area contributed by atoms with Gasteiger partial charge in [0.1, 0.15) is 12.1 Å². The van der Waals surface area contributed by atoms with Crippen molar-refractivity contribution in [1.29, 1.82) is 0 Å². The van der Waals surface area contributed by atoms with E-state index in [1.807, 2.05) is 18.2 Å². The number of benzene rings is 1. The second-order valence-electron chi connectivity index (χ2n) is 10.2. The molecule has 2 saturated carbocycles. The minimum absolute atomic E-state index is 0.198. The lowest BCUT2D eigenvalue weighted by Crippen LogP contribution is -2.52. The molecule has 7 rings (SSSR count). The third kappa shape index (κ3) is 4.07. The highest BCUT2D eigenvalue weighted by Gasteiger charge is 2.48. The second kappa shape index (κ2) is 8.52. The van der Waals surface area contributed by atoms with E-state index in [2.05, 4.69) is 25.8 Å². The molecule has 0 spiro atoms. The minimum atomic E-state index is -0.694. The molecule has 1 atom stereocenters. The number of carbonyl (C=O) groups excluding carboxylic acids is 3. The van der Waals surface area contributed by atoms with Gasteiger partial charge in [0.05, 0.1) is 11.1 Å². The first-order valence-electron chi connectivity index (χ1n) is 12.6. The van der Waals surface area contributed by atoms with Crippen LogP contribution in [0.4, 0.5) is 6.01 Å². The number of carbonyl (C=O) groups is 3. The number of hydrogen-bond donors (Lipinski definition) is 2. The Morgan fingerprint density at radius 3 is 2.68 bits per heavy atom. The first-order valence-corrected chi connectivity index (χ1v) is 13.0. The number of halogens is 1. The largest absolute Gasteiger partial charge is 0.474 e. The van der Waals surface area contributed by atoms with Crippen LogP contribution < -0.4 is 15.4 Å². The van der Waals surface area contributed by atoms with Gasteiger partial charge in [-0.15, -0.1) is 5.10 Å². The Balaban J connectivity index is 1.09. The van der Waals surface area contributed by atoms with Gasteiger partial charge in [0, 0.05) is 41.4 Å². The first kappa shape index (κ1) is 23.2. The summed E-state index contributed by atoms with van der Waals surface area (Å²) in [6, 6.07) is 6.85. The number of nitrogens with one attached hydrogen (secondary N) is 2. The quantitative estimate of drug-likeness (QED) is 0.437. The summed E-state index contributed by atoms with van der Waals surface area (Å²) in [5.74, 6) is -0.138. The first-order chi connectivity index (χ1) is 18.4. The molecular weight excluding hydrogens is 512 g/mol. The maximum absolute atomic E-state index is 13.3. The average molecular weight is 535 g/mol. The van der Waals surface area contributed by atoms with Crippen LogP contribution in [0.1, 0.15) is 60.0 Å². The highest BCUT2D eigenvalue weighted by atomic mass is 35.5. The van der Waals surface area contributed by atoms with Crippen molar-refractivity contribution in [3.8, 4) is 17.3 Å². The van der Waals surface area contributed by atoms with Gasteiger partial charge in [-0.2, -0.15) is 0 Å². The molecule has 4 aliphatic rings. The summed E-state index contributed by atoms with van der Waals surface area (Å²) in [5, 5.41) is 14.4. The molecule has 1 aromatic carbocycles. The highest BCUT2D eigenvalue weighted by Crippen LogP contribution is 2.50. The predicted octanol–water partition coefficient (Wildman–Crippen LogP) is 3.19. The van der Waals surface area contributed by atoms with Gasteiger partial charge in [-0.1, -0.05) is 16.7 Å². The fourth-order valence-electron chi connectivity index (χ4n) is 5.03. The summed E-state index contributed by atoms with van der Waals surface area (Å²) < 4.78 is 11.5. The molecule has 4 heterocycles. The number of ether oxygens (including phenoxy) is 1. The molecule has 2 aliphatic carbocycles. The molecule has 3 amide bonds. The molecule has 1 saturated heterocycles. The highest BCUT2D eigenvalue weighted by molar-refractivity contribution is 6.32. The number of pyridine rings is 1. The van der Waals surface area contributed by atoms with Gasteiger partial charge in [-0.25, -0.2) is 4.98 Å². The maximum atomic E-state index is 13.3. The zero-order valence-electron chi connectivity index (χ0n) is 20.2. The Bertz CT molecular complexity index is 1480. The zero-order chi connectivity index (χ0) is 26.0. The summed E-state index contributed by atoms with van der Waals surface area (Å²) in [6.45, 7) is 0.228. The van der Waals surface area contributed by atoms with Crippen LogP contribution >= 0.6 is 11.6 Å². The van der Waals surface area contributed by atoms with Crippen LogP contribution in [0.15, 0.2) is 34.9 Å². The van der Waals surface area contributed by atoms with Gasteiger partial charge in [0.2, 0.25) is 17.7 Å². The van der Waals surface area contributed by atoms with Gasteiger partial charge in [0.15, 0.2) is 0 Å². The summed E-state index contributed by atoms with van der Waals surface area (Å²) in [6.07, 6.45) is 6.11. The van der Waals surface area contributed by atoms with E-state index in [4.69, 9.17) is 20.8 Å². The number of hydrogen-bond acceptors (Lipinski definition) is 9. The standard InChI is InChI=1S/C26H23ClN6O5/c27-18-10-14(9-16-17(18)12-33(24(16)36)19-4-5-20(34)29-22(19)35)26(7-8-26)30-25-32-31-23(38-25)13-1-6-21(28-11-13)37-15-2-3-15/h1,6,9-11,15,19H,2-5,7-8,12H2,(H,30,32)(H,29,34,35). The Morgan fingerprint density at radius 2 is 1.97 bits per heavy atom. The fraction of sp³-hybridized carbons (Fsp3) is 0.385. The van der Waals surface area contributed by atoms with Gasteiger partial charge < -0.3 is 19.4 Å². The van der Waals surface area contributed by atoms with Crippen molar-refractivity contribution in [2.45, 2.75) is 62.8 Å². The topological polar surface area (TPSA) is 140 Å². The van der Waals surface area contributed by atoms with E-state index >= 15 is 0 Å². The van der Waals surface area contributed by atoms with Crippen LogP contribution in [0, 0.1) is 0 Å². The predicted molar refractivity (Wildman–Crippen MR) is 133 cm³/mol. The van der Waals surface area contributed by atoms with Crippen LogP contribution in [-0.2, 0) is 21.7 Å². The molecule has 194 valence electrons. The lowest BCUT2D eigenvalue weighted by molar-refractivity contribution is -0.136. The Morgan fingerprint density at radius 1 is 1.13 bits per heavy atom. The van der Waals surface area contributed by atoms with E-state index in [9.17, 15) is 14.4 Å². The molecule has 2 N–H and O–H groups in total. The SMILES string of the molecule is O=C1CCC(N2Cc3c(Cl)cc(C4(Nc5nnc(-c6ccc(OC7CC7)nc6)o5)CC4)cc3C2=O)C(=O)N1. The second-order valence-corrected chi connectivity index (χ2v) is 10.6. The van der Waals surface area contributed by atoms with E-state index in [1.165, 1.54) is 4.90 Å². The molecule has 3 fully saturated rings. The summed E-state index contributed by atoms with van der Waals surface area (Å²) in [4.78, 5) is 43.0. The lowest BCUT2D eigenvalue weighted by atomic mass is 9.99. The number of nitrogens with zero attached hydrogens (tertiary/aromatic N) is 4. The Hall–Kier alpha value is -3.99. The normalized spacial score (nSPS) is 21.8. The molecule has 12 heteroatoms. The zero-order valence-corrected chi connectivity index (χ0v) is 21.0. The fourth-order valence-corrected chi connectivity index (χ4v) is 5.31. The van der Waals surface area contributed by atoms with Gasteiger partial charge in [0.25, 0.3) is 11.8 Å². The molecular formula is C26H23ClN6O5.